The van der Waals surface area contributed by atoms with Crippen molar-refractivity contribution in [3.05, 3.63) is 47.1 Å². The molecule has 0 aliphatic heterocycles. The molecule has 0 radical (unpaired) electrons. The Kier molecular flexibility index (Phi) is 2.25. The van der Waals surface area contributed by atoms with Crippen LogP contribution in [0.3, 0.4) is 0 Å². The van der Waals surface area contributed by atoms with Gasteiger partial charge in [0.25, 0.3) is 0 Å². The second-order valence-electron chi connectivity index (χ2n) is 2.96. The first-order valence-electron chi connectivity index (χ1n) is 4.16. The largest absolute Gasteiger partial charge is 0.360 e. The highest BCUT2D eigenvalue weighted by Crippen LogP contribution is 2.22. The van der Waals surface area contributed by atoms with E-state index in [0.29, 0.717) is 5.56 Å². The minimum atomic E-state index is -0.0569. The van der Waals surface area contributed by atoms with Gasteiger partial charge in [0.1, 0.15) is 0 Å². The van der Waals surface area contributed by atoms with E-state index in [0.717, 1.165) is 15.4 Å². The Hall–Kier alpha value is -1.35. The number of halogens is 1. The summed E-state index contributed by atoms with van der Waals surface area (Å²) in [6.45, 7) is 3.47. The average molecular weight is 250 g/mol. The van der Waals surface area contributed by atoms with Crippen LogP contribution in [-0.4, -0.2) is 10.8 Å². The van der Waals surface area contributed by atoms with Gasteiger partial charge in [0.2, 0.25) is 0 Å². The molecule has 2 nitrogen and oxygen atoms in total. The van der Waals surface area contributed by atoms with Crippen LogP contribution in [0.2, 0.25) is 0 Å². The molecule has 0 fully saturated rings. The number of benzene rings is 1. The van der Waals surface area contributed by atoms with Crippen LogP contribution >= 0.6 is 15.9 Å². The van der Waals surface area contributed by atoms with Crippen molar-refractivity contribution in [2.45, 2.75) is 0 Å². The third kappa shape index (κ3) is 1.40. The van der Waals surface area contributed by atoms with E-state index >= 15 is 0 Å². The number of nitrogens with one attached hydrogen (secondary N) is 1. The molecule has 0 saturated heterocycles. The molecule has 0 amide bonds. The van der Waals surface area contributed by atoms with Crippen LogP contribution in [0.15, 0.2) is 41.5 Å². The number of ketones is 1. The molecular weight excluding hydrogens is 242 g/mol. The minimum absolute atomic E-state index is 0.0569. The molecule has 0 aliphatic rings. The van der Waals surface area contributed by atoms with Gasteiger partial charge in [0.15, 0.2) is 5.78 Å². The molecule has 0 saturated carbocycles. The number of aromatic nitrogens is 1. The zero-order chi connectivity index (χ0) is 10.1. The van der Waals surface area contributed by atoms with Gasteiger partial charge in [-0.15, -0.1) is 0 Å². The summed E-state index contributed by atoms with van der Waals surface area (Å²) < 4.78 is 0.990. The van der Waals surface area contributed by atoms with Crippen LogP contribution in [0, 0.1) is 0 Å². The Morgan fingerprint density at radius 3 is 3.00 bits per heavy atom. The summed E-state index contributed by atoms with van der Waals surface area (Å²) in [5.74, 6) is -0.0569. The lowest BCUT2D eigenvalue weighted by Gasteiger charge is -1.93. The summed E-state index contributed by atoms with van der Waals surface area (Å²) in [7, 11) is 0. The van der Waals surface area contributed by atoms with E-state index in [1.54, 1.807) is 6.20 Å². The molecule has 14 heavy (non-hydrogen) atoms. The summed E-state index contributed by atoms with van der Waals surface area (Å²) in [6.07, 6.45) is 3.03. The van der Waals surface area contributed by atoms with Crippen LogP contribution in [0.5, 0.6) is 0 Å². The zero-order valence-corrected chi connectivity index (χ0v) is 8.97. The van der Waals surface area contributed by atoms with E-state index < -0.39 is 0 Å². The predicted octanol–water partition coefficient (Wildman–Crippen LogP) is 3.30. The molecule has 0 unspecified atom stereocenters. The van der Waals surface area contributed by atoms with Gasteiger partial charge in [-0.2, -0.15) is 0 Å². The number of hydrogen-bond donors (Lipinski definition) is 1. The molecule has 0 bridgehead atoms. The van der Waals surface area contributed by atoms with E-state index in [1.165, 1.54) is 6.08 Å². The van der Waals surface area contributed by atoms with Crippen molar-refractivity contribution in [3.63, 3.8) is 0 Å². The summed E-state index contributed by atoms with van der Waals surface area (Å²) in [6, 6.07) is 5.76. The molecule has 3 heteroatoms. The highest BCUT2D eigenvalue weighted by molar-refractivity contribution is 9.10. The summed E-state index contributed by atoms with van der Waals surface area (Å²) in [5, 5.41) is 0.929. The monoisotopic (exact) mass is 249 g/mol. The van der Waals surface area contributed by atoms with Gasteiger partial charge in [0, 0.05) is 27.1 Å². The average Bonchev–Trinajstić information content (AvgIpc) is 2.59. The molecule has 70 valence electrons. The molecule has 1 N–H and O–H groups in total. The SMILES string of the molecule is C=CC(=O)c1c[nH]c2cc(Br)ccc12. The van der Waals surface area contributed by atoms with Gasteiger partial charge in [-0.1, -0.05) is 28.6 Å². The van der Waals surface area contributed by atoms with E-state index in [4.69, 9.17) is 0 Å². The van der Waals surface area contributed by atoms with E-state index in [2.05, 4.69) is 27.5 Å². The van der Waals surface area contributed by atoms with Gasteiger partial charge in [-0.3, -0.25) is 4.79 Å². The van der Waals surface area contributed by atoms with Crippen LogP contribution in [-0.2, 0) is 0 Å². The Morgan fingerprint density at radius 2 is 2.29 bits per heavy atom. The molecule has 0 aliphatic carbocycles. The zero-order valence-electron chi connectivity index (χ0n) is 7.38. The maximum Gasteiger partial charge on any atom is 0.187 e. The van der Waals surface area contributed by atoms with Gasteiger partial charge >= 0.3 is 0 Å². The van der Waals surface area contributed by atoms with Crippen molar-refractivity contribution in [3.8, 4) is 0 Å². The molecule has 1 heterocycles. The summed E-state index contributed by atoms with van der Waals surface area (Å²) in [5.41, 5.74) is 1.62. The standard InChI is InChI=1S/C11H8BrNO/c1-2-11(14)9-6-13-10-5-7(12)3-4-8(9)10/h2-6,13H,1H2. The van der Waals surface area contributed by atoms with E-state index in [-0.39, 0.29) is 5.78 Å². The lowest BCUT2D eigenvalue weighted by molar-refractivity contribution is 0.104. The van der Waals surface area contributed by atoms with Crippen molar-refractivity contribution in [1.29, 1.82) is 0 Å². The number of hydrogen-bond acceptors (Lipinski definition) is 1. The van der Waals surface area contributed by atoms with Crippen LogP contribution in [0.25, 0.3) is 10.9 Å². The van der Waals surface area contributed by atoms with Crippen LogP contribution < -0.4 is 0 Å². The summed E-state index contributed by atoms with van der Waals surface area (Å²) in [4.78, 5) is 14.5. The highest BCUT2D eigenvalue weighted by atomic mass is 79.9. The molecular formula is C11H8BrNO. The number of carbonyl (C=O) groups excluding carboxylic acids is 1. The Labute approximate surface area is 89.8 Å². The molecule has 2 rings (SSSR count). The smallest absolute Gasteiger partial charge is 0.187 e. The number of aromatic amines is 1. The second-order valence-corrected chi connectivity index (χ2v) is 3.88. The maximum atomic E-state index is 11.4. The van der Waals surface area contributed by atoms with Crippen molar-refractivity contribution in [2.24, 2.45) is 0 Å². The Morgan fingerprint density at radius 1 is 1.50 bits per heavy atom. The third-order valence-electron chi connectivity index (χ3n) is 2.09. The third-order valence-corrected chi connectivity index (χ3v) is 2.59. The molecule has 1 aromatic heterocycles. The number of H-pyrrole nitrogens is 1. The van der Waals surface area contributed by atoms with Crippen LogP contribution in [0.4, 0.5) is 0 Å². The number of fused-ring (bicyclic) bond motifs is 1. The lowest BCUT2D eigenvalue weighted by Crippen LogP contribution is -1.90. The normalized spacial score (nSPS) is 10.4. The topological polar surface area (TPSA) is 32.9 Å². The van der Waals surface area contributed by atoms with Crippen LogP contribution in [0.1, 0.15) is 10.4 Å². The fourth-order valence-corrected chi connectivity index (χ4v) is 1.77. The van der Waals surface area contributed by atoms with Crippen molar-refractivity contribution >= 4 is 32.6 Å². The number of carbonyl (C=O) groups is 1. The Bertz CT molecular complexity index is 513. The first-order chi connectivity index (χ1) is 6.72. The van der Waals surface area contributed by atoms with E-state index in [9.17, 15) is 4.79 Å². The Balaban J connectivity index is 2.69. The van der Waals surface area contributed by atoms with Crippen molar-refractivity contribution in [1.82, 2.24) is 4.98 Å². The number of rotatable bonds is 2. The highest BCUT2D eigenvalue weighted by Gasteiger charge is 2.08. The predicted molar refractivity (Wildman–Crippen MR) is 60.5 cm³/mol. The molecule has 1 aromatic carbocycles. The summed E-state index contributed by atoms with van der Waals surface area (Å²) >= 11 is 3.37. The van der Waals surface area contributed by atoms with Gasteiger partial charge < -0.3 is 4.98 Å². The fourth-order valence-electron chi connectivity index (χ4n) is 1.41. The fraction of sp³-hybridized carbons (Fsp3) is 0. The first-order valence-corrected chi connectivity index (χ1v) is 4.95. The molecule has 2 aromatic rings. The molecule has 0 atom stereocenters. The maximum absolute atomic E-state index is 11.4. The minimum Gasteiger partial charge on any atom is -0.360 e. The van der Waals surface area contributed by atoms with Gasteiger partial charge in [0.05, 0.1) is 0 Å². The van der Waals surface area contributed by atoms with Gasteiger partial charge in [-0.25, -0.2) is 0 Å². The quantitative estimate of drug-likeness (QED) is 0.643. The van der Waals surface area contributed by atoms with E-state index in [1.807, 2.05) is 18.2 Å². The second kappa shape index (κ2) is 3.42. The lowest BCUT2D eigenvalue weighted by atomic mass is 10.1. The first kappa shape index (κ1) is 9.21. The van der Waals surface area contributed by atoms with Gasteiger partial charge in [-0.05, 0) is 18.2 Å². The van der Waals surface area contributed by atoms with Crippen molar-refractivity contribution in [2.75, 3.05) is 0 Å². The van der Waals surface area contributed by atoms with Crippen molar-refractivity contribution < 1.29 is 4.79 Å². The number of allylic oxidation sites excluding steroid dienone is 1. The molecule has 0 spiro atoms.